The summed E-state index contributed by atoms with van der Waals surface area (Å²) in [5.41, 5.74) is 6.13. The van der Waals surface area contributed by atoms with Crippen LogP contribution < -0.4 is 10.5 Å². The Kier molecular flexibility index (Phi) is 3.98. The van der Waals surface area contributed by atoms with Gasteiger partial charge in [-0.05, 0) is 0 Å². The van der Waals surface area contributed by atoms with Crippen LogP contribution in [-0.2, 0) is 9.53 Å². The predicted molar refractivity (Wildman–Crippen MR) is 74.5 cm³/mol. The molecule has 1 aliphatic rings. The van der Waals surface area contributed by atoms with Crippen molar-refractivity contribution in [1.29, 1.82) is 0 Å². The van der Waals surface area contributed by atoms with E-state index in [1.54, 1.807) is 0 Å². The predicted octanol–water partition coefficient (Wildman–Crippen LogP) is -1.49. The van der Waals surface area contributed by atoms with Crippen LogP contribution in [0.25, 0.3) is 11.2 Å². The molecule has 2 aromatic rings. The van der Waals surface area contributed by atoms with Gasteiger partial charge in [0.15, 0.2) is 17.8 Å². The zero-order valence-corrected chi connectivity index (χ0v) is 11.9. The molecule has 124 valence electrons. The number of aliphatic carboxylic acids is 1. The maximum absolute atomic E-state index is 10.6. The van der Waals surface area contributed by atoms with E-state index in [4.69, 9.17) is 25.4 Å². The lowest BCUT2D eigenvalue weighted by Gasteiger charge is -2.13. The third-order valence-electron chi connectivity index (χ3n) is 3.43. The maximum atomic E-state index is 10.6. The number of hydrogen-bond acceptors (Lipinski definition) is 9. The van der Waals surface area contributed by atoms with E-state index in [1.165, 1.54) is 10.9 Å². The first kappa shape index (κ1) is 15.4. The second kappa shape index (κ2) is 5.95. The molecule has 0 bridgehead atoms. The summed E-state index contributed by atoms with van der Waals surface area (Å²) in [7, 11) is 0. The van der Waals surface area contributed by atoms with Crippen molar-refractivity contribution in [2.24, 2.45) is 0 Å². The van der Waals surface area contributed by atoms with E-state index >= 15 is 0 Å². The SMILES string of the molecule is Nc1nc(OCC(=O)O)c2ncn([C@H]3C[C@H](O)[C@@H](CO)O3)c2n1. The van der Waals surface area contributed by atoms with Crippen molar-refractivity contribution in [2.75, 3.05) is 18.9 Å². The Balaban J connectivity index is 1.96. The fourth-order valence-corrected chi connectivity index (χ4v) is 2.40. The summed E-state index contributed by atoms with van der Waals surface area (Å²) in [6.07, 6.45) is -0.451. The van der Waals surface area contributed by atoms with E-state index in [0.717, 1.165) is 0 Å². The summed E-state index contributed by atoms with van der Waals surface area (Å²) in [4.78, 5) is 22.6. The topological polar surface area (TPSA) is 166 Å². The summed E-state index contributed by atoms with van der Waals surface area (Å²) >= 11 is 0. The number of anilines is 1. The molecule has 11 heteroatoms. The Morgan fingerprint density at radius 2 is 2.30 bits per heavy atom. The Bertz CT molecular complexity index is 734. The first-order valence-electron chi connectivity index (χ1n) is 6.78. The number of nitrogens with zero attached hydrogens (tertiary/aromatic N) is 4. The van der Waals surface area contributed by atoms with Gasteiger partial charge in [-0.15, -0.1) is 0 Å². The van der Waals surface area contributed by atoms with E-state index in [0.29, 0.717) is 0 Å². The molecular formula is C12H15N5O6. The van der Waals surface area contributed by atoms with Gasteiger partial charge in [-0.25, -0.2) is 9.78 Å². The van der Waals surface area contributed by atoms with E-state index in [1.807, 2.05) is 0 Å². The lowest BCUT2D eigenvalue weighted by atomic mass is 10.2. The molecule has 1 aliphatic heterocycles. The van der Waals surface area contributed by atoms with Crippen LogP contribution in [0.3, 0.4) is 0 Å². The summed E-state index contributed by atoms with van der Waals surface area (Å²) in [6.45, 7) is -0.905. The van der Waals surface area contributed by atoms with Crippen LogP contribution in [0.15, 0.2) is 6.33 Å². The molecule has 5 N–H and O–H groups in total. The Morgan fingerprint density at radius 1 is 1.52 bits per heavy atom. The van der Waals surface area contributed by atoms with Crippen molar-refractivity contribution in [3.8, 4) is 5.88 Å². The largest absolute Gasteiger partial charge is 0.479 e. The Labute approximate surface area is 129 Å². The number of fused-ring (bicyclic) bond motifs is 1. The quantitative estimate of drug-likeness (QED) is 0.508. The number of imidazole rings is 1. The van der Waals surface area contributed by atoms with E-state index in [-0.39, 0.29) is 36.0 Å². The number of nitrogens with two attached hydrogens (primary N) is 1. The molecule has 0 unspecified atom stereocenters. The maximum Gasteiger partial charge on any atom is 0.341 e. The first-order chi connectivity index (χ1) is 11.0. The minimum atomic E-state index is -1.16. The van der Waals surface area contributed by atoms with E-state index in [2.05, 4.69) is 15.0 Å². The van der Waals surface area contributed by atoms with Crippen LogP contribution in [0.1, 0.15) is 12.6 Å². The molecule has 0 radical (unpaired) electrons. The number of aliphatic hydroxyl groups is 2. The monoisotopic (exact) mass is 325 g/mol. The van der Waals surface area contributed by atoms with Gasteiger partial charge in [0.25, 0.3) is 0 Å². The minimum Gasteiger partial charge on any atom is -0.479 e. The third-order valence-corrected chi connectivity index (χ3v) is 3.43. The summed E-state index contributed by atoms with van der Waals surface area (Å²) in [5.74, 6) is -1.33. The fourth-order valence-electron chi connectivity index (χ4n) is 2.40. The number of rotatable bonds is 5. The van der Waals surface area contributed by atoms with Gasteiger partial charge < -0.3 is 30.5 Å². The second-order valence-electron chi connectivity index (χ2n) is 5.01. The van der Waals surface area contributed by atoms with Gasteiger partial charge in [-0.2, -0.15) is 9.97 Å². The van der Waals surface area contributed by atoms with Gasteiger partial charge in [-0.3, -0.25) is 4.57 Å². The smallest absolute Gasteiger partial charge is 0.341 e. The number of aromatic nitrogens is 4. The number of ether oxygens (including phenoxy) is 2. The van der Waals surface area contributed by atoms with Gasteiger partial charge >= 0.3 is 5.97 Å². The van der Waals surface area contributed by atoms with Gasteiger partial charge in [-0.1, -0.05) is 0 Å². The normalized spacial score (nSPS) is 24.2. The number of carbonyl (C=O) groups is 1. The zero-order chi connectivity index (χ0) is 16.6. The molecule has 1 saturated heterocycles. The number of aliphatic hydroxyl groups excluding tert-OH is 2. The van der Waals surface area contributed by atoms with Crippen molar-refractivity contribution in [3.05, 3.63) is 6.33 Å². The third kappa shape index (κ3) is 2.88. The summed E-state index contributed by atoms with van der Waals surface area (Å²) in [5, 5.41) is 27.6. The molecule has 0 aromatic carbocycles. The van der Waals surface area contributed by atoms with Crippen LogP contribution in [0.5, 0.6) is 5.88 Å². The molecule has 3 atom stereocenters. The highest BCUT2D eigenvalue weighted by molar-refractivity contribution is 5.78. The Morgan fingerprint density at radius 3 is 2.96 bits per heavy atom. The van der Waals surface area contributed by atoms with Gasteiger partial charge in [0, 0.05) is 6.42 Å². The Hall–Kier alpha value is -2.50. The van der Waals surface area contributed by atoms with Crippen molar-refractivity contribution in [1.82, 2.24) is 19.5 Å². The highest BCUT2D eigenvalue weighted by Gasteiger charge is 2.35. The molecule has 0 saturated carbocycles. The van der Waals surface area contributed by atoms with Crippen molar-refractivity contribution in [3.63, 3.8) is 0 Å². The molecule has 23 heavy (non-hydrogen) atoms. The van der Waals surface area contributed by atoms with Crippen LogP contribution in [0.2, 0.25) is 0 Å². The average molecular weight is 325 g/mol. The molecule has 2 aromatic heterocycles. The summed E-state index contributed by atoms with van der Waals surface area (Å²) < 4.78 is 12.1. The lowest BCUT2D eigenvalue weighted by Crippen LogP contribution is -2.24. The number of hydrogen-bond donors (Lipinski definition) is 4. The molecular weight excluding hydrogens is 310 g/mol. The van der Waals surface area contributed by atoms with Crippen molar-refractivity contribution >= 4 is 23.1 Å². The number of nitrogen functional groups attached to an aromatic ring is 1. The van der Waals surface area contributed by atoms with Gasteiger partial charge in [0.05, 0.1) is 19.0 Å². The molecule has 0 aliphatic carbocycles. The van der Waals surface area contributed by atoms with E-state index in [9.17, 15) is 9.90 Å². The van der Waals surface area contributed by atoms with Gasteiger partial charge in [0.1, 0.15) is 12.3 Å². The zero-order valence-electron chi connectivity index (χ0n) is 11.9. The van der Waals surface area contributed by atoms with Crippen LogP contribution in [0.4, 0.5) is 5.95 Å². The fraction of sp³-hybridized carbons (Fsp3) is 0.500. The van der Waals surface area contributed by atoms with Crippen molar-refractivity contribution < 1.29 is 29.6 Å². The second-order valence-corrected chi connectivity index (χ2v) is 5.01. The molecule has 0 amide bonds. The summed E-state index contributed by atoms with van der Waals surface area (Å²) in [6, 6.07) is 0. The van der Waals surface area contributed by atoms with E-state index < -0.39 is 31.0 Å². The molecule has 1 fully saturated rings. The molecule has 3 rings (SSSR count). The molecule has 11 nitrogen and oxygen atoms in total. The minimum absolute atomic E-state index is 0.0501. The van der Waals surface area contributed by atoms with Gasteiger partial charge in [0.2, 0.25) is 11.8 Å². The number of carboxylic acid groups (broad SMARTS) is 1. The van der Waals surface area contributed by atoms with Crippen LogP contribution >= 0.6 is 0 Å². The van der Waals surface area contributed by atoms with Crippen LogP contribution in [0, 0.1) is 0 Å². The highest BCUT2D eigenvalue weighted by atomic mass is 16.5. The molecule has 3 heterocycles. The highest BCUT2D eigenvalue weighted by Crippen LogP contribution is 2.32. The standard InChI is InChI=1S/C12H15N5O6/c13-12-15-10-9(11(16-12)22-3-8(20)21)14-4-17(10)7-1-5(19)6(2-18)23-7/h4-7,18-19H,1-3H2,(H,20,21)(H2,13,15,16)/t5-,6+,7+/m0/s1. The lowest BCUT2D eigenvalue weighted by molar-refractivity contribution is -0.139. The van der Waals surface area contributed by atoms with Crippen LogP contribution in [-0.4, -0.2) is 66.2 Å². The number of carboxylic acids is 1. The molecule has 0 spiro atoms. The van der Waals surface area contributed by atoms with Crippen molar-refractivity contribution in [2.45, 2.75) is 24.9 Å². The first-order valence-corrected chi connectivity index (χ1v) is 6.78. The average Bonchev–Trinajstić information content (AvgIpc) is 3.07.